The van der Waals surface area contributed by atoms with Gasteiger partial charge in [0.15, 0.2) is 11.2 Å². The summed E-state index contributed by atoms with van der Waals surface area (Å²) >= 11 is 3.12. The van der Waals surface area contributed by atoms with Gasteiger partial charge >= 0.3 is 12.0 Å². The second kappa shape index (κ2) is 4.24. The van der Waals surface area contributed by atoms with E-state index < -0.39 is 23.1 Å². The van der Waals surface area contributed by atoms with Crippen molar-refractivity contribution in [2.24, 2.45) is 0 Å². The molecule has 0 fully saturated rings. The Morgan fingerprint density at radius 1 is 1.22 bits per heavy atom. The Hall–Kier alpha value is -1.63. The molecule has 0 N–H and O–H groups in total. The summed E-state index contributed by atoms with van der Waals surface area (Å²) in [5, 5.41) is 0.100. The van der Waals surface area contributed by atoms with Crippen LogP contribution in [0.3, 0.4) is 0 Å². The molecule has 0 bridgehead atoms. The first-order chi connectivity index (χ1) is 8.29. The molecular formula is C11H4BrF3O3. The third-order valence-corrected chi connectivity index (χ3v) is 2.66. The van der Waals surface area contributed by atoms with Gasteiger partial charge in [-0.25, -0.2) is 0 Å². The van der Waals surface area contributed by atoms with Crippen molar-refractivity contribution >= 4 is 32.7 Å². The van der Waals surface area contributed by atoms with Gasteiger partial charge in [0.1, 0.15) is 5.58 Å². The fourth-order valence-corrected chi connectivity index (χ4v) is 1.74. The van der Waals surface area contributed by atoms with Crippen LogP contribution in [0.25, 0.3) is 11.0 Å². The van der Waals surface area contributed by atoms with Crippen LogP contribution in [0.4, 0.5) is 13.2 Å². The van der Waals surface area contributed by atoms with Gasteiger partial charge in [-0.15, -0.1) is 0 Å². The Kier molecular flexibility index (Phi) is 3.02. The van der Waals surface area contributed by atoms with Gasteiger partial charge in [-0.05, 0) is 18.2 Å². The molecule has 7 heteroatoms. The molecule has 18 heavy (non-hydrogen) atoms. The van der Waals surface area contributed by atoms with Gasteiger partial charge in [0.05, 0.1) is 5.39 Å². The Morgan fingerprint density at radius 2 is 1.89 bits per heavy atom. The van der Waals surface area contributed by atoms with E-state index in [1.54, 1.807) is 0 Å². The highest BCUT2D eigenvalue weighted by molar-refractivity contribution is 9.10. The summed E-state index contributed by atoms with van der Waals surface area (Å²) in [6.07, 6.45) is -5.07. The number of halogens is 4. The van der Waals surface area contributed by atoms with Gasteiger partial charge in [0, 0.05) is 10.5 Å². The average Bonchev–Trinajstić information content (AvgIpc) is 2.27. The van der Waals surface area contributed by atoms with Crippen LogP contribution in [0.15, 0.2) is 37.9 Å². The van der Waals surface area contributed by atoms with Crippen molar-refractivity contribution < 1.29 is 22.4 Å². The minimum Gasteiger partial charge on any atom is -0.452 e. The highest BCUT2D eigenvalue weighted by Crippen LogP contribution is 2.23. The van der Waals surface area contributed by atoms with E-state index in [4.69, 9.17) is 4.42 Å². The van der Waals surface area contributed by atoms with Crippen molar-refractivity contribution in [2.75, 3.05) is 0 Å². The molecule has 1 heterocycles. The maximum Gasteiger partial charge on any atom is 0.458 e. The molecule has 2 aromatic rings. The van der Waals surface area contributed by atoms with E-state index in [2.05, 4.69) is 15.9 Å². The van der Waals surface area contributed by atoms with Crippen LogP contribution in [-0.2, 0) is 0 Å². The van der Waals surface area contributed by atoms with Crippen LogP contribution < -0.4 is 5.43 Å². The zero-order chi connectivity index (χ0) is 13.5. The van der Waals surface area contributed by atoms with Crippen molar-refractivity contribution in [1.29, 1.82) is 0 Å². The van der Waals surface area contributed by atoms with E-state index in [0.717, 1.165) is 0 Å². The maximum absolute atomic E-state index is 12.2. The van der Waals surface area contributed by atoms with E-state index in [9.17, 15) is 22.8 Å². The Bertz CT molecular complexity index is 688. The molecule has 2 rings (SSSR count). The molecule has 1 aromatic heterocycles. The van der Waals surface area contributed by atoms with Crippen molar-refractivity contribution in [3.05, 3.63) is 44.7 Å². The Balaban J connectivity index is 2.68. The quantitative estimate of drug-likeness (QED) is 0.757. The maximum atomic E-state index is 12.2. The number of rotatable bonds is 1. The van der Waals surface area contributed by atoms with Gasteiger partial charge < -0.3 is 4.42 Å². The van der Waals surface area contributed by atoms with E-state index in [1.807, 2.05) is 0 Å². The molecular weight excluding hydrogens is 317 g/mol. The van der Waals surface area contributed by atoms with Crippen molar-refractivity contribution in [3.63, 3.8) is 0 Å². The first-order valence-electron chi connectivity index (χ1n) is 4.64. The second-order valence-corrected chi connectivity index (χ2v) is 4.36. The van der Waals surface area contributed by atoms with Gasteiger partial charge in [0.25, 0.3) is 0 Å². The number of alkyl halides is 3. The fourth-order valence-electron chi connectivity index (χ4n) is 1.38. The first kappa shape index (κ1) is 12.8. The summed E-state index contributed by atoms with van der Waals surface area (Å²) in [6, 6.07) is 4.76. The van der Waals surface area contributed by atoms with Crippen molar-refractivity contribution in [1.82, 2.24) is 0 Å². The summed E-state index contributed by atoms with van der Waals surface area (Å²) in [6.45, 7) is 0. The second-order valence-electron chi connectivity index (χ2n) is 3.44. The molecule has 1 aromatic carbocycles. The number of hydrogen-bond donors (Lipinski definition) is 0. The molecule has 94 valence electrons. The van der Waals surface area contributed by atoms with Gasteiger partial charge in [-0.3, -0.25) is 9.59 Å². The molecule has 0 unspecified atom stereocenters. The molecule has 0 atom stereocenters. The fraction of sp³-hybridized carbons (Fsp3) is 0.0909. The van der Waals surface area contributed by atoms with E-state index in [-0.39, 0.29) is 11.0 Å². The number of carbonyl (C=O) groups is 1. The lowest BCUT2D eigenvalue weighted by atomic mass is 10.2. The summed E-state index contributed by atoms with van der Waals surface area (Å²) < 4.78 is 42.0. The average molecular weight is 321 g/mol. The highest BCUT2D eigenvalue weighted by atomic mass is 79.9. The normalized spacial score (nSPS) is 11.8. The number of Topliss-reactive ketones (excluding diaryl/α,β-unsaturated/α-hetero) is 1. The first-order valence-corrected chi connectivity index (χ1v) is 5.43. The van der Waals surface area contributed by atoms with E-state index >= 15 is 0 Å². The minimum atomic E-state index is -5.07. The van der Waals surface area contributed by atoms with Crippen LogP contribution in [0.5, 0.6) is 0 Å². The number of benzene rings is 1. The van der Waals surface area contributed by atoms with Gasteiger partial charge in [0.2, 0.25) is 0 Å². The summed E-state index contributed by atoms with van der Waals surface area (Å²) in [5.41, 5.74) is -0.775. The standard InChI is InChI=1S/C11H4BrF3O3/c12-5-1-2-8-6(3-5)7(16)4-9(18-8)10(17)11(13,14)15/h1-4H. The number of ketones is 1. The van der Waals surface area contributed by atoms with Crippen molar-refractivity contribution in [2.45, 2.75) is 6.18 Å². The largest absolute Gasteiger partial charge is 0.458 e. The molecule has 0 aliphatic rings. The van der Waals surface area contributed by atoms with Crippen LogP contribution in [-0.4, -0.2) is 12.0 Å². The highest BCUT2D eigenvalue weighted by Gasteiger charge is 2.41. The molecule has 0 saturated carbocycles. The van der Waals surface area contributed by atoms with Gasteiger partial charge in [-0.2, -0.15) is 13.2 Å². The minimum absolute atomic E-state index is 0.0710. The lowest BCUT2D eigenvalue weighted by Crippen LogP contribution is -2.23. The topological polar surface area (TPSA) is 47.3 Å². The Morgan fingerprint density at radius 3 is 2.50 bits per heavy atom. The molecule has 0 spiro atoms. The number of fused-ring (bicyclic) bond motifs is 1. The molecule has 0 saturated heterocycles. The smallest absolute Gasteiger partial charge is 0.452 e. The number of carbonyl (C=O) groups excluding carboxylic acids is 1. The lowest BCUT2D eigenvalue weighted by molar-refractivity contribution is -0.0899. The summed E-state index contributed by atoms with van der Waals surface area (Å²) in [7, 11) is 0. The Labute approximate surface area is 106 Å². The van der Waals surface area contributed by atoms with Crippen LogP contribution in [0.2, 0.25) is 0 Å². The SMILES string of the molecule is O=C(c1cc(=O)c2cc(Br)ccc2o1)C(F)(F)F. The zero-order valence-corrected chi connectivity index (χ0v) is 10.1. The zero-order valence-electron chi connectivity index (χ0n) is 8.55. The number of hydrogen-bond acceptors (Lipinski definition) is 3. The van der Waals surface area contributed by atoms with E-state index in [0.29, 0.717) is 10.5 Å². The third-order valence-electron chi connectivity index (χ3n) is 2.17. The molecule has 0 amide bonds. The molecule has 0 aliphatic heterocycles. The van der Waals surface area contributed by atoms with Crippen LogP contribution >= 0.6 is 15.9 Å². The molecule has 0 radical (unpaired) electrons. The van der Waals surface area contributed by atoms with Crippen LogP contribution in [0.1, 0.15) is 10.6 Å². The lowest BCUT2D eigenvalue weighted by Gasteiger charge is -2.05. The summed E-state index contributed by atoms with van der Waals surface area (Å²) in [4.78, 5) is 22.5. The predicted octanol–water partition coefficient (Wildman–Crippen LogP) is 3.30. The summed E-state index contributed by atoms with van der Waals surface area (Å²) in [5.74, 6) is -3.19. The van der Waals surface area contributed by atoms with Crippen molar-refractivity contribution in [3.8, 4) is 0 Å². The molecule has 0 aliphatic carbocycles. The monoisotopic (exact) mass is 320 g/mol. The predicted molar refractivity (Wildman–Crippen MR) is 60.6 cm³/mol. The molecule has 3 nitrogen and oxygen atoms in total. The van der Waals surface area contributed by atoms with E-state index in [1.165, 1.54) is 18.2 Å². The third kappa shape index (κ3) is 2.31. The van der Waals surface area contributed by atoms with Crippen LogP contribution in [0, 0.1) is 0 Å². The van der Waals surface area contributed by atoms with Gasteiger partial charge in [-0.1, -0.05) is 15.9 Å².